The van der Waals surface area contributed by atoms with E-state index >= 15 is 0 Å². The Kier molecular flexibility index (Phi) is 4.60. The first kappa shape index (κ1) is 14.8. The predicted octanol–water partition coefficient (Wildman–Crippen LogP) is 0.786. The number of aryl methyl sites for hydroxylation is 1. The highest BCUT2D eigenvalue weighted by atomic mass is 16.2. The predicted molar refractivity (Wildman–Crippen MR) is 78.8 cm³/mol. The molecule has 0 spiro atoms. The van der Waals surface area contributed by atoms with Crippen LogP contribution < -0.4 is 10.9 Å². The summed E-state index contributed by atoms with van der Waals surface area (Å²) in [6, 6.07) is 3.04. The molecule has 1 fully saturated rings. The second-order valence-corrected chi connectivity index (χ2v) is 5.71. The maximum absolute atomic E-state index is 12.7. The second-order valence-electron chi connectivity index (χ2n) is 5.71. The van der Waals surface area contributed by atoms with Crippen molar-refractivity contribution >= 4 is 5.91 Å². The molecule has 1 aliphatic rings. The van der Waals surface area contributed by atoms with Gasteiger partial charge in [-0.25, -0.2) is 0 Å². The van der Waals surface area contributed by atoms with E-state index in [0.29, 0.717) is 13.1 Å². The van der Waals surface area contributed by atoms with Crippen molar-refractivity contribution in [1.29, 1.82) is 0 Å². The first-order valence-electron chi connectivity index (χ1n) is 7.19. The lowest BCUT2D eigenvalue weighted by Crippen LogP contribution is -2.50. The van der Waals surface area contributed by atoms with Crippen molar-refractivity contribution in [3.8, 4) is 0 Å². The summed E-state index contributed by atoms with van der Waals surface area (Å²) in [6.07, 6.45) is 1.74. The van der Waals surface area contributed by atoms with Gasteiger partial charge < -0.3 is 14.8 Å². The number of aromatic nitrogens is 1. The summed E-state index contributed by atoms with van der Waals surface area (Å²) in [5.41, 5.74) is 0.815. The van der Waals surface area contributed by atoms with Gasteiger partial charge in [-0.3, -0.25) is 9.59 Å². The molecule has 2 heterocycles. The normalized spacial score (nSPS) is 17.3. The first-order chi connectivity index (χ1) is 9.50. The lowest BCUT2D eigenvalue weighted by atomic mass is 10.0. The van der Waals surface area contributed by atoms with Crippen molar-refractivity contribution in [2.24, 2.45) is 5.92 Å². The SMILES string of the molecule is Cc1ccn(C(C(=O)N2CCNCC2)C(C)C)c(=O)c1. The molecule has 1 aliphatic heterocycles. The first-order valence-corrected chi connectivity index (χ1v) is 7.19. The van der Waals surface area contributed by atoms with Crippen LogP contribution in [0.25, 0.3) is 0 Å². The van der Waals surface area contributed by atoms with E-state index in [1.165, 1.54) is 0 Å². The van der Waals surface area contributed by atoms with E-state index in [4.69, 9.17) is 0 Å². The summed E-state index contributed by atoms with van der Waals surface area (Å²) in [4.78, 5) is 26.7. The number of hydrogen-bond donors (Lipinski definition) is 1. The summed E-state index contributed by atoms with van der Waals surface area (Å²) >= 11 is 0. The van der Waals surface area contributed by atoms with Crippen LogP contribution in [0.4, 0.5) is 0 Å². The quantitative estimate of drug-likeness (QED) is 0.888. The van der Waals surface area contributed by atoms with Crippen LogP contribution in [-0.2, 0) is 4.79 Å². The Morgan fingerprint density at radius 3 is 2.50 bits per heavy atom. The molecule has 1 aromatic heterocycles. The number of nitrogens with zero attached hydrogens (tertiary/aromatic N) is 2. The van der Waals surface area contributed by atoms with Gasteiger partial charge in [-0.2, -0.15) is 0 Å². The van der Waals surface area contributed by atoms with Gasteiger partial charge in [0.1, 0.15) is 6.04 Å². The molecule has 1 unspecified atom stereocenters. The van der Waals surface area contributed by atoms with E-state index < -0.39 is 6.04 Å². The van der Waals surface area contributed by atoms with Gasteiger partial charge in [-0.1, -0.05) is 13.8 Å². The number of pyridine rings is 1. The molecule has 20 heavy (non-hydrogen) atoms. The lowest BCUT2D eigenvalue weighted by molar-refractivity contribution is -0.136. The molecule has 0 radical (unpaired) electrons. The highest BCUT2D eigenvalue weighted by Crippen LogP contribution is 2.19. The van der Waals surface area contributed by atoms with Gasteiger partial charge >= 0.3 is 0 Å². The van der Waals surface area contributed by atoms with Crippen molar-refractivity contribution < 1.29 is 4.79 Å². The van der Waals surface area contributed by atoms with Gasteiger partial charge in [0.2, 0.25) is 5.91 Å². The molecular weight excluding hydrogens is 254 g/mol. The molecule has 1 aromatic rings. The van der Waals surface area contributed by atoms with Gasteiger partial charge in [0.15, 0.2) is 0 Å². The smallest absolute Gasteiger partial charge is 0.251 e. The van der Waals surface area contributed by atoms with E-state index in [9.17, 15) is 9.59 Å². The Balaban J connectivity index is 2.30. The van der Waals surface area contributed by atoms with Crippen LogP contribution in [0.3, 0.4) is 0 Å². The molecule has 5 nitrogen and oxygen atoms in total. The Hall–Kier alpha value is -1.62. The number of carbonyl (C=O) groups excluding carboxylic acids is 1. The van der Waals surface area contributed by atoms with Crippen molar-refractivity contribution in [3.05, 3.63) is 34.2 Å². The minimum absolute atomic E-state index is 0.0486. The van der Waals surface area contributed by atoms with E-state index in [1.54, 1.807) is 16.8 Å². The average Bonchev–Trinajstić information content (AvgIpc) is 2.42. The molecule has 1 saturated heterocycles. The highest BCUT2D eigenvalue weighted by molar-refractivity contribution is 5.80. The largest absolute Gasteiger partial charge is 0.338 e. The number of piperazine rings is 1. The summed E-state index contributed by atoms with van der Waals surface area (Å²) < 4.78 is 1.57. The second kappa shape index (κ2) is 6.22. The van der Waals surface area contributed by atoms with Gasteiger partial charge in [0.25, 0.3) is 5.56 Å². The van der Waals surface area contributed by atoms with E-state index in [-0.39, 0.29) is 17.4 Å². The fourth-order valence-electron chi connectivity index (χ4n) is 2.62. The molecular formula is C15H23N3O2. The standard InChI is InChI=1S/C15H23N3O2/c1-11(2)14(15(20)17-8-5-16-6-9-17)18-7-4-12(3)10-13(18)19/h4,7,10-11,14,16H,5-6,8-9H2,1-3H3. The Labute approximate surface area is 119 Å². The third kappa shape index (κ3) is 3.10. The summed E-state index contributed by atoms with van der Waals surface area (Å²) in [6.45, 7) is 8.91. The number of amides is 1. The summed E-state index contributed by atoms with van der Waals surface area (Å²) in [5.74, 6) is 0.130. The topological polar surface area (TPSA) is 54.3 Å². The number of carbonyl (C=O) groups is 1. The van der Waals surface area contributed by atoms with Gasteiger partial charge in [-0.15, -0.1) is 0 Å². The highest BCUT2D eigenvalue weighted by Gasteiger charge is 2.29. The van der Waals surface area contributed by atoms with E-state index in [1.807, 2.05) is 31.7 Å². The summed E-state index contributed by atoms with van der Waals surface area (Å²) in [7, 11) is 0. The molecule has 0 saturated carbocycles. The Morgan fingerprint density at radius 2 is 1.95 bits per heavy atom. The van der Waals surface area contributed by atoms with Crippen molar-refractivity contribution in [3.63, 3.8) is 0 Å². The van der Waals surface area contributed by atoms with Crippen molar-refractivity contribution in [2.75, 3.05) is 26.2 Å². The van der Waals surface area contributed by atoms with Crippen LogP contribution in [0.5, 0.6) is 0 Å². The molecule has 0 aliphatic carbocycles. The van der Waals surface area contributed by atoms with Crippen LogP contribution in [-0.4, -0.2) is 41.6 Å². The molecule has 1 atom stereocenters. The van der Waals surface area contributed by atoms with Crippen LogP contribution >= 0.6 is 0 Å². The Morgan fingerprint density at radius 1 is 1.30 bits per heavy atom. The number of hydrogen-bond acceptors (Lipinski definition) is 3. The van der Waals surface area contributed by atoms with Crippen LogP contribution in [0.2, 0.25) is 0 Å². The average molecular weight is 277 g/mol. The van der Waals surface area contributed by atoms with E-state index in [0.717, 1.165) is 18.7 Å². The minimum atomic E-state index is -0.416. The Bertz CT molecular complexity index is 530. The minimum Gasteiger partial charge on any atom is -0.338 e. The van der Waals surface area contributed by atoms with Crippen LogP contribution in [0.15, 0.2) is 23.1 Å². The van der Waals surface area contributed by atoms with Gasteiger partial charge in [0.05, 0.1) is 0 Å². The van der Waals surface area contributed by atoms with Gasteiger partial charge in [0, 0.05) is 38.4 Å². The molecule has 1 N–H and O–H groups in total. The fourth-order valence-corrected chi connectivity index (χ4v) is 2.62. The third-order valence-electron chi connectivity index (χ3n) is 3.72. The zero-order valence-corrected chi connectivity index (χ0v) is 12.4. The van der Waals surface area contributed by atoms with E-state index in [2.05, 4.69) is 5.32 Å². The molecule has 110 valence electrons. The van der Waals surface area contributed by atoms with Crippen LogP contribution in [0, 0.1) is 12.8 Å². The van der Waals surface area contributed by atoms with Crippen LogP contribution in [0.1, 0.15) is 25.5 Å². The molecule has 2 rings (SSSR count). The molecule has 0 bridgehead atoms. The zero-order chi connectivity index (χ0) is 14.7. The monoisotopic (exact) mass is 277 g/mol. The lowest BCUT2D eigenvalue weighted by Gasteiger charge is -2.33. The van der Waals surface area contributed by atoms with Crippen molar-refractivity contribution in [2.45, 2.75) is 26.8 Å². The maximum atomic E-state index is 12.7. The van der Waals surface area contributed by atoms with Crippen molar-refractivity contribution in [1.82, 2.24) is 14.8 Å². The zero-order valence-electron chi connectivity index (χ0n) is 12.4. The fraction of sp³-hybridized carbons (Fsp3) is 0.600. The van der Waals surface area contributed by atoms with Gasteiger partial charge in [-0.05, 0) is 24.5 Å². The molecule has 5 heteroatoms. The summed E-state index contributed by atoms with van der Waals surface area (Å²) in [5, 5.41) is 3.23. The third-order valence-corrected chi connectivity index (χ3v) is 3.72. The number of rotatable bonds is 3. The molecule has 0 aromatic carbocycles. The molecule has 1 amide bonds. The maximum Gasteiger partial charge on any atom is 0.251 e. The number of nitrogens with one attached hydrogen (secondary N) is 1.